The molecule has 1 aromatic heterocycles. The van der Waals surface area contributed by atoms with Gasteiger partial charge >= 0.3 is 0 Å². The molecule has 1 amide bonds. The zero-order valence-corrected chi connectivity index (χ0v) is 17.2. The summed E-state index contributed by atoms with van der Waals surface area (Å²) in [5.41, 5.74) is 1.39. The number of rotatable bonds is 6. The van der Waals surface area contributed by atoms with Gasteiger partial charge in [0.25, 0.3) is 5.91 Å². The van der Waals surface area contributed by atoms with Gasteiger partial charge in [-0.15, -0.1) is 0 Å². The molecule has 1 saturated carbocycles. The zero-order valence-electron chi connectivity index (χ0n) is 16.3. The van der Waals surface area contributed by atoms with Crippen molar-refractivity contribution in [2.24, 2.45) is 0 Å². The zero-order chi connectivity index (χ0) is 20.1. The molecule has 0 spiro atoms. The van der Waals surface area contributed by atoms with Gasteiger partial charge in [0.1, 0.15) is 0 Å². The number of amides is 1. The minimum Gasteiger partial charge on any atom is -0.346 e. The maximum absolute atomic E-state index is 12.9. The molecule has 0 aliphatic heterocycles. The molecule has 150 valence electrons. The number of pyridine rings is 1. The largest absolute Gasteiger partial charge is 0.346 e. The van der Waals surface area contributed by atoms with E-state index in [9.17, 15) is 13.2 Å². The van der Waals surface area contributed by atoms with Crippen LogP contribution in [0.2, 0.25) is 0 Å². The van der Waals surface area contributed by atoms with E-state index in [4.69, 9.17) is 0 Å². The summed E-state index contributed by atoms with van der Waals surface area (Å²) in [5, 5.41) is 2.92. The Balaban J connectivity index is 1.69. The van der Waals surface area contributed by atoms with Crippen molar-refractivity contribution < 1.29 is 13.2 Å². The van der Waals surface area contributed by atoms with Gasteiger partial charge in [-0.1, -0.05) is 19.3 Å². The molecule has 0 bridgehead atoms. The smallest absolute Gasteiger partial charge is 0.251 e. The summed E-state index contributed by atoms with van der Waals surface area (Å²) in [5.74, 6) is -0.242. The second-order valence-corrected chi connectivity index (χ2v) is 9.31. The number of hydrogen-bond donors (Lipinski definition) is 1. The van der Waals surface area contributed by atoms with Gasteiger partial charge in [-0.3, -0.25) is 9.78 Å². The number of nitrogens with zero attached hydrogens (tertiary/aromatic N) is 2. The molecule has 3 rings (SSSR count). The van der Waals surface area contributed by atoms with Crippen LogP contribution in [0, 0.1) is 0 Å². The van der Waals surface area contributed by atoms with Crippen molar-refractivity contribution in [3.8, 4) is 0 Å². The van der Waals surface area contributed by atoms with Gasteiger partial charge in [-0.05, 0) is 61.7 Å². The van der Waals surface area contributed by atoms with E-state index < -0.39 is 10.0 Å². The first kappa shape index (κ1) is 20.5. The Hall–Kier alpha value is -2.25. The fourth-order valence-corrected chi connectivity index (χ4v) is 5.02. The summed E-state index contributed by atoms with van der Waals surface area (Å²) in [6.07, 6.45) is 8.48. The Kier molecular flexibility index (Phi) is 6.46. The molecule has 2 aromatic rings. The first-order valence-electron chi connectivity index (χ1n) is 9.68. The topological polar surface area (TPSA) is 79.4 Å². The van der Waals surface area contributed by atoms with Gasteiger partial charge in [0.2, 0.25) is 10.0 Å². The van der Waals surface area contributed by atoms with Crippen LogP contribution in [0.3, 0.4) is 0 Å². The summed E-state index contributed by atoms with van der Waals surface area (Å²) in [4.78, 5) is 16.7. The number of carbonyl (C=O) groups is 1. The third-order valence-electron chi connectivity index (χ3n) is 5.44. The number of hydrogen-bond acceptors (Lipinski definition) is 4. The maximum Gasteiger partial charge on any atom is 0.251 e. The number of nitrogens with one attached hydrogen (secondary N) is 1. The van der Waals surface area contributed by atoms with Gasteiger partial charge < -0.3 is 5.32 Å². The molecule has 1 aliphatic carbocycles. The van der Waals surface area contributed by atoms with Crippen LogP contribution in [0.4, 0.5) is 0 Å². The molecule has 1 aromatic carbocycles. The highest BCUT2D eigenvalue weighted by Crippen LogP contribution is 2.26. The molecule has 1 aliphatic rings. The van der Waals surface area contributed by atoms with Crippen LogP contribution in [0.25, 0.3) is 0 Å². The SMILES string of the molecule is CC(NC(=O)c1ccc(S(=O)(=O)N(C)C2CCCCC2)cc1)c1ccncc1. The van der Waals surface area contributed by atoms with E-state index in [2.05, 4.69) is 10.3 Å². The predicted molar refractivity (Wildman–Crippen MR) is 108 cm³/mol. The average Bonchev–Trinajstić information content (AvgIpc) is 2.74. The number of aromatic nitrogens is 1. The van der Waals surface area contributed by atoms with Crippen molar-refractivity contribution in [3.63, 3.8) is 0 Å². The normalized spacial score (nSPS) is 16.7. The van der Waals surface area contributed by atoms with Crippen LogP contribution in [-0.2, 0) is 10.0 Å². The third kappa shape index (κ3) is 4.59. The highest BCUT2D eigenvalue weighted by molar-refractivity contribution is 7.89. The van der Waals surface area contributed by atoms with Crippen molar-refractivity contribution in [3.05, 3.63) is 59.9 Å². The fraction of sp³-hybridized carbons (Fsp3) is 0.429. The summed E-state index contributed by atoms with van der Waals surface area (Å²) in [6, 6.07) is 9.75. The predicted octanol–water partition coefficient (Wildman–Crippen LogP) is 3.53. The second-order valence-electron chi connectivity index (χ2n) is 7.31. The van der Waals surface area contributed by atoms with Crippen LogP contribution in [0.5, 0.6) is 0 Å². The summed E-state index contributed by atoms with van der Waals surface area (Å²) >= 11 is 0. The first-order chi connectivity index (χ1) is 13.4. The van der Waals surface area contributed by atoms with Crippen molar-refractivity contribution in [2.75, 3.05) is 7.05 Å². The molecular formula is C21H27N3O3S. The highest BCUT2D eigenvalue weighted by Gasteiger charge is 2.29. The minimum absolute atomic E-state index is 0.0583. The molecule has 7 heteroatoms. The van der Waals surface area contributed by atoms with Crippen LogP contribution < -0.4 is 5.32 Å². The minimum atomic E-state index is -3.55. The molecule has 1 unspecified atom stereocenters. The van der Waals surface area contributed by atoms with E-state index in [1.165, 1.54) is 22.9 Å². The van der Waals surface area contributed by atoms with E-state index in [0.29, 0.717) is 5.56 Å². The van der Waals surface area contributed by atoms with E-state index in [1.54, 1.807) is 31.6 Å². The quantitative estimate of drug-likeness (QED) is 0.803. The Labute approximate surface area is 167 Å². The lowest BCUT2D eigenvalue weighted by Gasteiger charge is -2.30. The molecule has 6 nitrogen and oxygen atoms in total. The lowest BCUT2D eigenvalue weighted by molar-refractivity contribution is 0.0939. The fourth-order valence-electron chi connectivity index (χ4n) is 3.60. The van der Waals surface area contributed by atoms with Crippen LogP contribution >= 0.6 is 0 Å². The standard InChI is InChI=1S/C21H27N3O3S/c1-16(17-12-14-22-15-13-17)23-21(25)18-8-10-20(11-9-18)28(26,27)24(2)19-6-4-3-5-7-19/h8-16,19H,3-7H2,1-2H3,(H,23,25). The lowest BCUT2D eigenvalue weighted by atomic mass is 9.96. The monoisotopic (exact) mass is 401 g/mol. The molecule has 1 N–H and O–H groups in total. The van der Waals surface area contributed by atoms with Crippen molar-refractivity contribution in [2.45, 2.75) is 56.0 Å². The summed E-state index contributed by atoms with van der Waals surface area (Å²) in [7, 11) is -1.90. The van der Waals surface area contributed by atoms with Crippen LogP contribution in [0.1, 0.15) is 61.0 Å². The van der Waals surface area contributed by atoms with Crippen molar-refractivity contribution in [1.29, 1.82) is 0 Å². The molecule has 0 radical (unpaired) electrons. The van der Waals surface area contributed by atoms with E-state index in [0.717, 1.165) is 31.2 Å². The van der Waals surface area contributed by atoms with E-state index in [-0.39, 0.29) is 22.9 Å². The van der Waals surface area contributed by atoms with Gasteiger partial charge in [0, 0.05) is 31.0 Å². The van der Waals surface area contributed by atoms with Gasteiger partial charge in [-0.25, -0.2) is 8.42 Å². The first-order valence-corrected chi connectivity index (χ1v) is 11.1. The molecular weight excluding hydrogens is 374 g/mol. The van der Waals surface area contributed by atoms with E-state index >= 15 is 0 Å². The molecule has 1 atom stereocenters. The van der Waals surface area contributed by atoms with Crippen molar-refractivity contribution >= 4 is 15.9 Å². The summed E-state index contributed by atoms with van der Waals surface area (Å²) < 4.78 is 27.3. The van der Waals surface area contributed by atoms with Gasteiger partial charge in [0.15, 0.2) is 0 Å². The van der Waals surface area contributed by atoms with Gasteiger partial charge in [-0.2, -0.15) is 4.31 Å². The Morgan fingerprint density at radius 3 is 2.29 bits per heavy atom. The number of sulfonamides is 1. The number of carbonyl (C=O) groups excluding carboxylic acids is 1. The van der Waals surface area contributed by atoms with Crippen molar-refractivity contribution in [1.82, 2.24) is 14.6 Å². The Morgan fingerprint density at radius 1 is 1.07 bits per heavy atom. The Morgan fingerprint density at radius 2 is 1.68 bits per heavy atom. The molecule has 28 heavy (non-hydrogen) atoms. The van der Waals surface area contributed by atoms with Crippen LogP contribution in [-0.4, -0.2) is 36.7 Å². The van der Waals surface area contributed by atoms with E-state index in [1.807, 2.05) is 19.1 Å². The summed E-state index contributed by atoms with van der Waals surface area (Å²) in [6.45, 7) is 1.89. The number of benzene rings is 1. The average molecular weight is 402 g/mol. The third-order valence-corrected chi connectivity index (χ3v) is 7.36. The van der Waals surface area contributed by atoms with Crippen LogP contribution in [0.15, 0.2) is 53.7 Å². The molecule has 1 fully saturated rings. The Bertz CT molecular complexity index is 892. The maximum atomic E-state index is 12.9. The van der Waals surface area contributed by atoms with Gasteiger partial charge in [0.05, 0.1) is 10.9 Å². The molecule has 0 saturated heterocycles. The lowest BCUT2D eigenvalue weighted by Crippen LogP contribution is -2.38. The second kappa shape index (κ2) is 8.84. The molecule has 1 heterocycles. The highest BCUT2D eigenvalue weighted by atomic mass is 32.2.